The summed E-state index contributed by atoms with van der Waals surface area (Å²) in [5.74, 6) is 0. The minimum Gasteiger partial charge on any atom is -0.248 e. The van der Waals surface area contributed by atoms with Crippen LogP contribution in [0.5, 0.6) is 0 Å². The number of halogens is 1. The highest BCUT2D eigenvalue weighted by Crippen LogP contribution is 2.36. The fraction of sp³-hybridized carbons (Fsp3) is 0. The van der Waals surface area contributed by atoms with Crippen molar-refractivity contribution in [2.75, 3.05) is 0 Å². The van der Waals surface area contributed by atoms with Gasteiger partial charge in [0.1, 0.15) is 4.60 Å². The Morgan fingerprint density at radius 1 is 1.06 bits per heavy atom. The van der Waals surface area contributed by atoms with E-state index >= 15 is 0 Å². The third kappa shape index (κ3) is 1.66. The zero-order chi connectivity index (χ0) is 11.0. The molecule has 0 fully saturated rings. The lowest BCUT2D eigenvalue weighted by molar-refractivity contribution is 1.32. The molecule has 1 aromatic carbocycles. The Labute approximate surface area is 106 Å². The molecule has 3 aromatic rings. The summed E-state index contributed by atoms with van der Waals surface area (Å²) >= 11 is 5.25. The number of pyridine rings is 1. The molecule has 0 bridgehead atoms. The van der Waals surface area contributed by atoms with Crippen molar-refractivity contribution in [3.63, 3.8) is 0 Å². The molecule has 2 aromatic heterocycles. The quantitative estimate of drug-likeness (QED) is 0.591. The second kappa shape index (κ2) is 4.00. The van der Waals surface area contributed by atoms with Crippen LogP contribution in [0.25, 0.3) is 20.5 Å². The van der Waals surface area contributed by atoms with E-state index in [4.69, 9.17) is 0 Å². The highest BCUT2D eigenvalue weighted by molar-refractivity contribution is 9.10. The third-order valence-electron chi connectivity index (χ3n) is 2.45. The highest BCUT2D eigenvalue weighted by atomic mass is 79.9. The van der Waals surface area contributed by atoms with Gasteiger partial charge >= 0.3 is 0 Å². The van der Waals surface area contributed by atoms with Crippen molar-refractivity contribution in [3.05, 3.63) is 53.3 Å². The number of aromatic nitrogens is 1. The summed E-state index contributed by atoms with van der Waals surface area (Å²) in [5, 5.41) is 1.24. The molecule has 0 aliphatic heterocycles. The standard InChI is InChI=1S/C13H8BrNS/c14-13-12-10(6-7-15-13)8-11(16-12)9-4-2-1-3-5-9/h1-8H. The first-order valence-electron chi connectivity index (χ1n) is 4.94. The molecule has 0 saturated heterocycles. The van der Waals surface area contributed by atoms with E-state index in [-0.39, 0.29) is 0 Å². The summed E-state index contributed by atoms with van der Waals surface area (Å²) in [6.07, 6.45) is 1.83. The van der Waals surface area contributed by atoms with Crippen molar-refractivity contribution in [3.8, 4) is 10.4 Å². The maximum atomic E-state index is 4.24. The van der Waals surface area contributed by atoms with Gasteiger partial charge in [0.25, 0.3) is 0 Å². The van der Waals surface area contributed by atoms with Gasteiger partial charge in [-0.25, -0.2) is 4.98 Å². The molecule has 2 heterocycles. The van der Waals surface area contributed by atoms with E-state index in [2.05, 4.69) is 51.2 Å². The van der Waals surface area contributed by atoms with E-state index in [1.165, 1.54) is 20.5 Å². The Morgan fingerprint density at radius 3 is 2.62 bits per heavy atom. The van der Waals surface area contributed by atoms with Crippen molar-refractivity contribution in [1.29, 1.82) is 0 Å². The molecule has 0 unspecified atom stereocenters. The second-order valence-corrected chi connectivity index (χ2v) is 5.30. The minimum atomic E-state index is 0.928. The van der Waals surface area contributed by atoms with Crippen LogP contribution in [0.1, 0.15) is 0 Å². The first-order valence-corrected chi connectivity index (χ1v) is 6.55. The molecule has 0 atom stereocenters. The monoisotopic (exact) mass is 289 g/mol. The van der Waals surface area contributed by atoms with Crippen molar-refractivity contribution in [1.82, 2.24) is 4.98 Å². The molecule has 0 N–H and O–H groups in total. The molecule has 0 aliphatic carbocycles. The fourth-order valence-corrected chi connectivity index (χ4v) is 3.31. The van der Waals surface area contributed by atoms with Gasteiger partial charge in [0.05, 0.1) is 4.70 Å². The lowest BCUT2D eigenvalue weighted by atomic mass is 10.2. The largest absolute Gasteiger partial charge is 0.248 e. The van der Waals surface area contributed by atoms with Gasteiger partial charge in [0.2, 0.25) is 0 Å². The first kappa shape index (κ1) is 10.00. The Balaban J connectivity index is 2.23. The number of fused-ring (bicyclic) bond motifs is 1. The number of hydrogen-bond donors (Lipinski definition) is 0. The molecule has 78 valence electrons. The molecular weight excluding hydrogens is 282 g/mol. The molecule has 3 rings (SSSR count). The summed E-state index contributed by atoms with van der Waals surface area (Å²) in [4.78, 5) is 5.52. The average Bonchev–Trinajstić information content (AvgIpc) is 2.76. The predicted molar refractivity (Wildman–Crippen MR) is 72.8 cm³/mol. The van der Waals surface area contributed by atoms with Gasteiger partial charge < -0.3 is 0 Å². The van der Waals surface area contributed by atoms with E-state index in [1.54, 1.807) is 11.3 Å². The Hall–Kier alpha value is -1.19. The van der Waals surface area contributed by atoms with Gasteiger partial charge in [-0.05, 0) is 39.0 Å². The lowest BCUT2D eigenvalue weighted by Gasteiger charge is -1.93. The lowest BCUT2D eigenvalue weighted by Crippen LogP contribution is -1.70. The molecule has 0 amide bonds. The van der Waals surface area contributed by atoms with E-state index in [1.807, 2.05) is 18.3 Å². The van der Waals surface area contributed by atoms with E-state index in [9.17, 15) is 0 Å². The molecule has 16 heavy (non-hydrogen) atoms. The van der Waals surface area contributed by atoms with E-state index < -0.39 is 0 Å². The van der Waals surface area contributed by atoms with Crippen LogP contribution in [-0.4, -0.2) is 4.98 Å². The molecule has 1 nitrogen and oxygen atoms in total. The number of nitrogens with zero attached hydrogens (tertiary/aromatic N) is 1. The maximum absolute atomic E-state index is 4.24. The topological polar surface area (TPSA) is 12.9 Å². The number of thiophene rings is 1. The molecule has 0 radical (unpaired) electrons. The van der Waals surface area contributed by atoms with Gasteiger partial charge in [-0.1, -0.05) is 30.3 Å². The van der Waals surface area contributed by atoms with Gasteiger partial charge in [-0.2, -0.15) is 0 Å². The SMILES string of the molecule is Brc1nccc2cc(-c3ccccc3)sc12. The van der Waals surface area contributed by atoms with Crippen LogP contribution in [0.3, 0.4) is 0 Å². The summed E-state index contributed by atoms with van der Waals surface area (Å²) in [7, 11) is 0. The average molecular weight is 290 g/mol. The Morgan fingerprint density at radius 2 is 1.88 bits per heavy atom. The maximum Gasteiger partial charge on any atom is 0.123 e. The molecular formula is C13H8BrNS. The van der Waals surface area contributed by atoms with Crippen molar-refractivity contribution >= 4 is 37.4 Å². The van der Waals surface area contributed by atoms with Crippen LogP contribution in [0.2, 0.25) is 0 Å². The zero-order valence-electron chi connectivity index (χ0n) is 8.35. The third-order valence-corrected chi connectivity index (χ3v) is 4.52. The van der Waals surface area contributed by atoms with Gasteiger partial charge in [-0.3, -0.25) is 0 Å². The molecule has 0 saturated carbocycles. The van der Waals surface area contributed by atoms with E-state index in [0.717, 1.165) is 4.60 Å². The number of hydrogen-bond acceptors (Lipinski definition) is 2. The van der Waals surface area contributed by atoms with Crippen LogP contribution >= 0.6 is 27.3 Å². The summed E-state index contributed by atoms with van der Waals surface area (Å²) in [6, 6.07) is 14.7. The smallest absolute Gasteiger partial charge is 0.123 e. The Kier molecular flexibility index (Phi) is 2.50. The number of rotatable bonds is 1. The number of benzene rings is 1. The van der Waals surface area contributed by atoms with Crippen LogP contribution in [0, 0.1) is 0 Å². The van der Waals surface area contributed by atoms with Crippen molar-refractivity contribution < 1.29 is 0 Å². The predicted octanol–water partition coefficient (Wildman–Crippen LogP) is 4.73. The van der Waals surface area contributed by atoms with Crippen LogP contribution in [0.15, 0.2) is 53.3 Å². The summed E-state index contributed by atoms with van der Waals surface area (Å²) in [6.45, 7) is 0. The van der Waals surface area contributed by atoms with Crippen molar-refractivity contribution in [2.45, 2.75) is 0 Å². The van der Waals surface area contributed by atoms with Crippen LogP contribution in [0.4, 0.5) is 0 Å². The first-order chi connectivity index (χ1) is 7.84. The van der Waals surface area contributed by atoms with Gasteiger partial charge in [-0.15, -0.1) is 11.3 Å². The molecule has 0 spiro atoms. The van der Waals surface area contributed by atoms with Crippen molar-refractivity contribution in [2.24, 2.45) is 0 Å². The Bertz CT molecular complexity index is 631. The van der Waals surface area contributed by atoms with Crippen LogP contribution < -0.4 is 0 Å². The summed E-state index contributed by atoms with van der Waals surface area (Å²) in [5.41, 5.74) is 1.26. The zero-order valence-corrected chi connectivity index (χ0v) is 10.8. The van der Waals surface area contributed by atoms with E-state index in [0.29, 0.717) is 0 Å². The van der Waals surface area contributed by atoms with Crippen LogP contribution in [-0.2, 0) is 0 Å². The molecule has 0 aliphatic rings. The molecule has 3 heteroatoms. The van der Waals surface area contributed by atoms with Gasteiger partial charge in [0.15, 0.2) is 0 Å². The highest BCUT2D eigenvalue weighted by Gasteiger charge is 2.06. The minimum absolute atomic E-state index is 0.928. The second-order valence-electron chi connectivity index (χ2n) is 3.50. The summed E-state index contributed by atoms with van der Waals surface area (Å²) < 4.78 is 2.14. The van der Waals surface area contributed by atoms with Gasteiger partial charge in [0, 0.05) is 11.1 Å². The normalized spacial score (nSPS) is 10.8. The fourth-order valence-electron chi connectivity index (χ4n) is 1.68.